The van der Waals surface area contributed by atoms with Crippen molar-refractivity contribution in [2.24, 2.45) is 5.41 Å². The molecule has 1 unspecified atom stereocenters. The van der Waals surface area contributed by atoms with Crippen LogP contribution in [0.4, 0.5) is 8.78 Å². The van der Waals surface area contributed by atoms with Crippen molar-refractivity contribution in [3.05, 3.63) is 35.4 Å². The van der Waals surface area contributed by atoms with Crippen LogP contribution in [0, 0.1) is 5.41 Å². The summed E-state index contributed by atoms with van der Waals surface area (Å²) in [6, 6.07) is 6.82. The zero-order valence-electron chi connectivity index (χ0n) is 7.76. The molecule has 0 amide bonds. The second kappa shape index (κ2) is 2.87. The predicted molar refractivity (Wildman–Crippen MR) is 48.6 cm³/mol. The Morgan fingerprint density at radius 3 is 2.57 bits per heavy atom. The van der Waals surface area contributed by atoms with Gasteiger partial charge in [0.15, 0.2) is 5.78 Å². The zero-order valence-corrected chi connectivity index (χ0v) is 7.76. The lowest BCUT2D eigenvalue weighted by Gasteiger charge is -2.19. The minimum Gasteiger partial charge on any atom is -0.293 e. The molecular formula is C11H10F2O. The summed E-state index contributed by atoms with van der Waals surface area (Å²) in [5.74, 6) is -0.428. The molecule has 1 aromatic rings. The highest BCUT2D eigenvalue weighted by molar-refractivity contribution is 6.04. The normalized spacial score (nSPS) is 25.6. The van der Waals surface area contributed by atoms with Gasteiger partial charge in [0.1, 0.15) is 0 Å². The van der Waals surface area contributed by atoms with Gasteiger partial charge in [-0.05, 0) is 18.9 Å². The third-order valence-corrected chi connectivity index (χ3v) is 2.82. The quantitative estimate of drug-likeness (QED) is 0.674. The SMILES string of the molecule is CC1(C(F)F)Cc2ccccc2C1=O. The van der Waals surface area contributed by atoms with Gasteiger partial charge in [-0.15, -0.1) is 0 Å². The van der Waals surface area contributed by atoms with Gasteiger partial charge >= 0.3 is 0 Å². The monoisotopic (exact) mass is 196 g/mol. The van der Waals surface area contributed by atoms with Gasteiger partial charge in [-0.2, -0.15) is 0 Å². The minimum atomic E-state index is -2.60. The average Bonchev–Trinajstić information content (AvgIpc) is 2.42. The van der Waals surface area contributed by atoms with Crippen LogP contribution in [0.2, 0.25) is 0 Å². The molecule has 1 aliphatic carbocycles. The lowest BCUT2D eigenvalue weighted by Crippen LogP contribution is -2.32. The molecule has 0 heterocycles. The van der Waals surface area contributed by atoms with Crippen molar-refractivity contribution in [2.45, 2.75) is 19.8 Å². The molecular weight excluding hydrogens is 186 g/mol. The van der Waals surface area contributed by atoms with Crippen molar-refractivity contribution >= 4 is 5.78 Å². The fraction of sp³-hybridized carbons (Fsp3) is 0.364. The summed E-state index contributed by atoms with van der Waals surface area (Å²) in [7, 11) is 0. The van der Waals surface area contributed by atoms with Crippen molar-refractivity contribution in [1.29, 1.82) is 0 Å². The highest BCUT2D eigenvalue weighted by Gasteiger charge is 2.48. The summed E-state index contributed by atoms with van der Waals surface area (Å²) in [6.07, 6.45) is -2.44. The maximum atomic E-state index is 12.7. The van der Waals surface area contributed by atoms with Crippen LogP contribution in [0.1, 0.15) is 22.8 Å². The Morgan fingerprint density at radius 2 is 2.00 bits per heavy atom. The Morgan fingerprint density at radius 1 is 1.36 bits per heavy atom. The molecule has 1 atom stereocenters. The second-order valence-electron chi connectivity index (χ2n) is 3.88. The van der Waals surface area contributed by atoms with Gasteiger partial charge in [-0.1, -0.05) is 24.3 Å². The highest BCUT2D eigenvalue weighted by atomic mass is 19.3. The highest BCUT2D eigenvalue weighted by Crippen LogP contribution is 2.40. The van der Waals surface area contributed by atoms with Gasteiger partial charge in [-0.3, -0.25) is 4.79 Å². The molecule has 1 aliphatic rings. The van der Waals surface area contributed by atoms with Crippen molar-refractivity contribution in [1.82, 2.24) is 0 Å². The Kier molecular flexibility index (Phi) is 1.91. The summed E-state index contributed by atoms with van der Waals surface area (Å²) >= 11 is 0. The van der Waals surface area contributed by atoms with Crippen LogP contribution >= 0.6 is 0 Å². The molecule has 74 valence electrons. The second-order valence-corrected chi connectivity index (χ2v) is 3.88. The Hall–Kier alpha value is -1.25. The molecule has 0 radical (unpaired) electrons. The van der Waals surface area contributed by atoms with Crippen LogP contribution in [0.3, 0.4) is 0 Å². The van der Waals surface area contributed by atoms with E-state index in [0.29, 0.717) is 5.56 Å². The largest absolute Gasteiger partial charge is 0.293 e. The van der Waals surface area contributed by atoms with Crippen LogP contribution in [-0.2, 0) is 6.42 Å². The first kappa shape index (κ1) is 9.31. The molecule has 2 rings (SSSR count). The van der Waals surface area contributed by atoms with E-state index in [0.717, 1.165) is 5.56 Å². The minimum absolute atomic E-state index is 0.152. The number of hydrogen-bond acceptors (Lipinski definition) is 1. The van der Waals surface area contributed by atoms with Gasteiger partial charge in [0.2, 0.25) is 0 Å². The Balaban J connectivity index is 2.49. The Labute approximate surface area is 80.7 Å². The van der Waals surface area contributed by atoms with E-state index in [2.05, 4.69) is 0 Å². The van der Waals surface area contributed by atoms with Crippen LogP contribution in [-0.4, -0.2) is 12.2 Å². The molecule has 0 fully saturated rings. The molecule has 0 saturated heterocycles. The van der Waals surface area contributed by atoms with E-state index in [-0.39, 0.29) is 6.42 Å². The van der Waals surface area contributed by atoms with E-state index in [9.17, 15) is 13.6 Å². The average molecular weight is 196 g/mol. The number of fused-ring (bicyclic) bond motifs is 1. The number of alkyl halides is 2. The van der Waals surface area contributed by atoms with Gasteiger partial charge in [0.05, 0.1) is 5.41 Å². The van der Waals surface area contributed by atoms with Crippen LogP contribution < -0.4 is 0 Å². The first-order chi connectivity index (χ1) is 6.55. The van der Waals surface area contributed by atoms with E-state index in [1.165, 1.54) is 6.92 Å². The summed E-state index contributed by atoms with van der Waals surface area (Å²) in [5.41, 5.74) is -0.320. The number of halogens is 2. The van der Waals surface area contributed by atoms with Crippen molar-refractivity contribution in [3.8, 4) is 0 Å². The molecule has 0 N–H and O–H groups in total. The number of hydrogen-bond donors (Lipinski definition) is 0. The molecule has 0 aromatic heterocycles. The van der Waals surface area contributed by atoms with Crippen molar-refractivity contribution < 1.29 is 13.6 Å². The van der Waals surface area contributed by atoms with Gasteiger partial charge in [0, 0.05) is 5.56 Å². The molecule has 1 nitrogen and oxygen atoms in total. The molecule has 0 aliphatic heterocycles. The Bertz CT molecular complexity index is 387. The molecule has 0 spiro atoms. The van der Waals surface area contributed by atoms with E-state index in [4.69, 9.17) is 0 Å². The van der Waals surface area contributed by atoms with E-state index >= 15 is 0 Å². The third-order valence-electron chi connectivity index (χ3n) is 2.82. The van der Waals surface area contributed by atoms with Crippen LogP contribution in [0.5, 0.6) is 0 Å². The van der Waals surface area contributed by atoms with Crippen molar-refractivity contribution in [3.63, 3.8) is 0 Å². The predicted octanol–water partition coefficient (Wildman–Crippen LogP) is 2.70. The van der Waals surface area contributed by atoms with E-state index in [1.54, 1.807) is 24.3 Å². The number of benzene rings is 1. The molecule has 3 heteroatoms. The molecule has 0 bridgehead atoms. The summed E-state index contributed by atoms with van der Waals surface area (Å²) in [6.45, 7) is 1.33. The number of carbonyl (C=O) groups is 1. The zero-order chi connectivity index (χ0) is 10.3. The first-order valence-corrected chi connectivity index (χ1v) is 4.46. The lowest BCUT2D eigenvalue weighted by atomic mass is 9.87. The van der Waals surface area contributed by atoms with Crippen LogP contribution in [0.15, 0.2) is 24.3 Å². The van der Waals surface area contributed by atoms with Crippen molar-refractivity contribution in [2.75, 3.05) is 0 Å². The van der Waals surface area contributed by atoms with Gasteiger partial charge in [0.25, 0.3) is 6.43 Å². The topological polar surface area (TPSA) is 17.1 Å². The summed E-state index contributed by atoms with van der Waals surface area (Å²) in [4.78, 5) is 11.7. The smallest absolute Gasteiger partial charge is 0.251 e. The fourth-order valence-corrected chi connectivity index (χ4v) is 1.86. The molecule has 0 saturated carbocycles. The van der Waals surface area contributed by atoms with Crippen LogP contribution in [0.25, 0.3) is 0 Å². The van der Waals surface area contributed by atoms with E-state index in [1.807, 2.05) is 0 Å². The summed E-state index contributed by atoms with van der Waals surface area (Å²) in [5, 5.41) is 0. The van der Waals surface area contributed by atoms with Gasteiger partial charge in [-0.25, -0.2) is 8.78 Å². The number of carbonyl (C=O) groups excluding carboxylic acids is 1. The number of ketones is 1. The number of Topliss-reactive ketones (excluding diaryl/α,β-unsaturated/α-hetero) is 1. The standard InChI is InChI=1S/C11H10F2O/c1-11(10(12)13)6-7-4-2-3-5-8(7)9(11)14/h2-5,10H,6H2,1H3. The maximum absolute atomic E-state index is 12.7. The third kappa shape index (κ3) is 1.08. The fourth-order valence-electron chi connectivity index (χ4n) is 1.86. The molecule has 14 heavy (non-hydrogen) atoms. The first-order valence-electron chi connectivity index (χ1n) is 4.46. The summed E-state index contributed by atoms with van der Waals surface area (Å²) < 4.78 is 25.4. The molecule has 1 aromatic carbocycles. The van der Waals surface area contributed by atoms with Gasteiger partial charge < -0.3 is 0 Å². The lowest BCUT2D eigenvalue weighted by molar-refractivity contribution is 0.0175. The maximum Gasteiger partial charge on any atom is 0.251 e. The van der Waals surface area contributed by atoms with E-state index < -0.39 is 17.6 Å². The number of rotatable bonds is 1.